The molecule has 21 heavy (non-hydrogen) atoms. The zero-order chi connectivity index (χ0) is 15.0. The highest BCUT2D eigenvalue weighted by atomic mass is 16.2. The van der Waals surface area contributed by atoms with E-state index in [0.717, 1.165) is 18.4 Å². The number of hydrogen-bond donors (Lipinski definition) is 1. The topological polar surface area (TPSA) is 46.2 Å². The largest absolute Gasteiger partial charge is 0.296 e. The van der Waals surface area contributed by atoms with Crippen LogP contribution in [0.4, 0.5) is 0 Å². The Labute approximate surface area is 126 Å². The SMILES string of the molecule is CC1CCCC2(CC(=O)NC(=O)C2c2ccccc2)C1C. The van der Waals surface area contributed by atoms with Gasteiger partial charge in [0.25, 0.3) is 0 Å². The van der Waals surface area contributed by atoms with Crippen molar-refractivity contribution < 1.29 is 9.59 Å². The molecule has 2 aliphatic rings. The Morgan fingerprint density at radius 2 is 1.86 bits per heavy atom. The molecule has 0 bridgehead atoms. The van der Waals surface area contributed by atoms with Gasteiger partial charge in [0.2, 0.25) is 11.8 Å². The average molecular weight is 285 g/mol. The monoisotopic (exact) mass is 285 g/mol. The summed E-state index contributed by atoms with van der Waals surface area (Å²) in [5.74, 6) is 0.524. The lowest BCUT2D eigenvalue weighted by Gasteiger charge is -2.51. The van der Waals surface area contributed by atoms with E-state index >= 15 is 0 Å². The predicted octanol–water partition coefficient (Wildman–Crippen LogP) is 3.26. The zero-order valence-corrected chi connectivity index (χ0v) is 12.8. The maximum atomic E-state index is 12.6. The molecule has 1 aromatic carbocycles. The summed E-state index contributed by atoms with van der Waals surface area (Å²) in [5.41, 5.74) is 0.835. The van der Waals surface area contributed by atoms with Gasteiger partial charge < -0.3 is 0 Å². The molecule has 1 saturated heterocycles. The van der Waals surface area contributed by atoms with Gasteiger partial charge in [-0.1, -0.05) is 57.0 Å². The van der Waals surface area contributed by atoms with Crippen LogP contribution in [0.25, 0.3) is 0 Å². The first kappa shape index (κ1) is 14.3. The molecule has 1 aliphatic carbocycles. The van der Waals surface area contributed by atoms with Crippen molar-refractivity contribution >= 4 is 11.8 Å². The number of amides is 2. The van der Waals surface area contributed by atoms with Crippen LogP contribution in [0.1, 0.15) is 51.0 Å². The second-order valence-corrected chi connectivity index (χ2v) is 6.82. The van der Waals surface area contributed by atoms with Crippen LogP contribution in [0.3, 0.4) is 0 Å². The van der Waals surface area contributed by atoms with Crippen molar-refractivity contribution in [3.05, 3.63) is 35.9 Å². The van der Waals surface area contributed by atoms with E-state index in [1.54, 1.807) is 0 Å². The van der Waals surface area contributed by atoms with Gasteiger partial charge in [0, 0.05) is 6.42 Å². The second kappa shape index (κ2) is 5.28. The van der Waals surface area contributed by atoms with Gasteiger partial charge in [0.15, 0.2) is 0 Å². The van der Waals surface area contributed by atoms with E-state index < -0.39 is 0 Å². The predicted molar refractivity (Wildman–Crippen MR) is 81.6 cm³/mol. The van der Waals surface area contributed by atoms with Gasteiger partial charge in [-0.25, -0.2) is 0 Å². The van der Waals surface area contributed by atoms with Gasteiger partial charge in [0.05, 0.1) is 5.92 Å². The molecule has 4 unspecified atom stereocenters. The third-order valence-electron chi connectivity index (χ3n) is 5.78. The number of carbonyl (C=O) groups is 2. The number of hydrogen-bond acceptors (Lipinski definition) is 2. The van der Waals surface area contributed by atoms with Crippen molar-refractivity contribution in [3.8, 4) is 0 Å². The molecule has 1 aliphatic heterocycles. The van der Waals surface area contributed by atoms with Crippen LogP contribution in [0.15, 0.2) is 30.3 Å². The van der Waals surface area contributed by atoms with Crippen LogP contribution in [-0.2, 0) is 9.59 Å². The minimum Gasteiger partial charge on any atom is -0.296 e. The smallest absolute Gasteiger partial charge is 0.234 e. The zero-order valence-electron chi connectivity index (χ0n) is 12.8. The summed E-state index contributed by atoms with van der Waals surface area (Å²) in [4.78, 5) is 24.6. The van der Waals surface area contributed by atoms with Gasteiger partial charge >= 0.3 is 0 Å². The molecular formula is C18H23NO2. The van der Waals surface area contributed by atoms with E-state index in [2.05, 4.69) is 19.2 Å². The Kier molecular flexibility index (Phi) is 3.60. The molecule has 2 amide bonds. The lowest BCUT2D eigenvalue weighted by molar-refractivity contribution is -0.145. The summed E-state index contributed by atoms with van der Waals surface area (Å²) in [6.45, 7) is 4.48. The van der Waals surface area contributed by atoms with Crippen LogP contribution in [0.5, 0.6) is 0 Å². The molecule has 112 valence electrons. The standard InChI is InChI=1S/C18H23NO2/c1-12-7-6-10-18(13(12)2)11-15(20)19-17(21)16(18)14-8-4-3-5-9-14/h3-5,8-9,12-13,16H,6-7,10-11H2,1-2H3,(H,19,20,21). The summed E-state index contributed by atoms with van der Waals surface area (Å²) in [6, 6.07) is 9.96. The Bertz CT molecular complexity index is 554. The van der Waals surface area contributed by atoms with E-state index in [1.165, 1.54) is 6.42 Å². The first-order chi connectivity index (χ1) is 10.0. The molecule has 3 heteroatoms. The molecule has 2 fully saturated rings. The number of rotatable bonds is 1. The summed E-state index contributed by atoms with van der Waals surface area (Å²) >= 11 is 0. The van der Waals surface area contributed by atoms with Crippen LogP contribution < -0.4 is 5.32 Å². The molecule has 1 aromatic rings. The molecule has 1 saturated carbocycles. The number of imide groups is 1. The highest BCUT2D eigenvalue weighted by Gasteiger charge is 2.54. The fourth-order valence-electron chi connectivity index (χ4n) is 4.50. The Hall–Kier alpha value is -1.64. The lowest BCUT2D eigenvalue weighted by Crippen LogP contribution is -2.55. The van der Waals surface area contributed by atoms with Crippen molar-refractivity contribution in [2.24, 2.45) is 17.3 Å². The molecule has 0 aromatic heterocycles. The quantitative estimate of drug-likeness (QED) is 0.805. The lowest BCUT2D eigenvalue weighted by atomic mass is 9.53. The highest BCUT2D eigenvalue weighted by Crippen LogP contribution is 2.56. The van der Waals surface area contributed by atoms with Crippen molar-refractivity contribution in [1.29, 1.82) is 0 Å². The fourth-order valence-corrected chi connectivity index (χ4v) is 4.50. The number of carbonyl (C=O) groups excluding carboxylic acids is 2. The Morgan fingerprint density at radius 1 is 1.14 bits per heavy atom. The van der Waals surface area contributed by atoms with Crippen molar-refractivity contribution in [2.45, 2.75) is 45.4 Å². The van der Waals surface area contributed by atoms with E-state index in [4.69, 9.17) is 0 Å². The molecule has 1 heterocycles. The third-order valence-corrected chi connectivity index (χ3v) is 5.78. The molecule has 1 spiro atoms. The average Bonchev–Trinajstić information content (AvgIpc) is 2.45. The highest BCUT2D eigenvalue weighted by molar-refractivity contribution is 6.02. The number of nitrogens with one attached hydrogen (secondary N) is 1. The van der Waals surface area contributed by atoms with Gasteiger partial charge in [-0.15, -0.1) is 0 Å². The van der Waals surface area contributed by atoms with E-state index in [-0.39, 0.29) is 23.1 Å². The van der Waals surface area contributed by atoms with E-state index in [9.17, 15) is 9.59 Å². The Morgan fingerprint density at radius 3 is 2.57 bits per heavy atom. The van der Waals surface area contributed by atoms with Gasteiger partial charge in [0.1, 0.15) is 0 Å². The molecule has 4 atom stereocenters. The molecular weight excluding hydrogens is 262 g/mol. The summed E-state index contributed by atoms with van der Waals surface area (Å²) in [5, 5.41) is 2.56. The first-order valence-corrected chi connectivity index (χ1v) is 7.93. The van der Waals surface area contributed by atoms with E-state index in [1.807, 2.05) is 30.3 Å². The normalized spacial score (nSPS) is 36.6. The van der Waals surface area contributed by atoms with Crippen LogP contribution >= 0.6 is 0 Å². The minimum absolute atomic E-state index is 0.104. The van der Waals surface area contributed by atoms with Crippen molar-refractivity contribution in [3.63, 3.8) is 0 Å². The van der Waals surface area contributed by atoms with Gasteiger partial charge in [-0.05, 0) is 29.2 Å². The maximum absolute atomic E-state index is 12.6. The van der Waals surface area contributed by atoms with E-state index in [0.29, 0.717) is 18.3 Å². The molecule has 3 nitrogen and oxygen atoms in total. The van der Waals surface area contributed by atoms with Crippen molar-refractivity contribution in [1.82, 2.24) is 5.32 Å². The van der Waals surface area contributed by atoms with Crippen LogP contribution in [0, 0.1) is 17.3 Å². The van der Waals surface area contributed by atoms with Gasteiger partial charge in [-0.3, -0.25) is 14.9 Å². The van der Waals surface area contributed by atoms with Crippen LogP contribution in [-0.4, -0.2) is 11.8 Å². The molecule has 1 N–H and O–H groups in total. The summed E-state index contributed by atoms with van der Waals surface area (Å²) in [6.07, 6.45) is 3.75. The maximum Gasteiger partial charge on any atom is 0.234 e. The molecule has 3 rings (SSSR count). The van der Waals surface area contributed by atoms with Crippen LogP contribution in [0.2, 0.25) is 0 Å². The summed E-state index contributed by atoms with van der Waals surface area (Å²) in [7, 11) is 0. The second-order valence-electron chi connectivity index (χ2n) is 6.82. The fraction of sp³-hybridized carbons (Fsp3) is 0.556. The third kappa shape index (κ3) is 2.29. The van der Waals surface area contributed by atoms with Gasteiger partial charge in [-0.2, -0.15) is 0 Å². The molecule has 0 radical (unpaired) electrons. The Balaban J connectivity index is 2.08. The minimum atomic E-state index is -0.210. The number of benzene rings is 1. The summed E-state index contributed by atoms with van der Waals surface area (Å²) < 4.78 is 0. The van der Waals surface area contributed by atoms with Crippen molar-refractivity contribution in [2.75, 3.05) is 0 Å². The number of piperidine rings is 1. The first-order valence-electron chi connectivity index (χ1n) is 7.93.